The Hall–Kier alpha value is -2.07. The highest BCUT2D eigenvalue weighted by Crippen LogP contribution is 2.30. The second kappa shape index (κ2) is 11.4. The van der Waals surface area contributed by atoms with Crippen LogP contribution in [0, 0.1) is 5.82 Å². The minimum atomic E-state index is -3.50. The number of fused-ring (bicyclic) bond motifs is 1. The smallest absolute Gasteiger partial charge is 0.231 e. The standard InChI is InChI=1S/C15H11Cl2FN2O4S.C7H16O/c1-25(21,22)20-15-10-6-12(17)8(4-14(10)24-19-15)7-23-9-2-3-11(16)13(18)5-9;1-5-6-7(2,3)8-4/h2-6H,7H2,1H3,(H,19,20);5-6H2,1-4H3. The molecule has 0 aliphatic heterocycles. The zero-order valence-electron chi connectivity index (χ0n) is 19.0. The highest BCUT2D eigenvalue weighted by atomic mass is 35.5. The lowest BCUT2D eigenvalue weighted by molar-refractivity contribution is 0.0149. The highest BCUT2D eigenvalue weighted by Gasteiger charge is 2.15. The van der Waals surface area contributed by atoms with Crippen LogP contribution in [-0.4, -0.2) is 32.5 Å². The quantitative estimate of drug-likeness (QED) is 0.367. The van der Waals surface area contributed by atoms with E-state index < -0.39 is 15.8 Å². The van der Waals surface area contributed by atoms with Crippen LogP contribution in [-0.2, 0) is 21.4 Å². The maximum absolute atomic E-state index is 13.4. The number of hydrogen-bond donors (Lipinski definition) is 1. The summed E-state index contributed by atoms with van der Waals surface area (Å²) in [5, 5.41) is 4.41. The van der Waals surface area contributed by atoms with Crippen LogP contribution >= 0.6 is 23.2 Å². The molecule has 1 heterocycles. The summed E-state index contributed by atoms with van der Waals surface area (Å²) in [5.74, 6) is -0.255. The molecule has 1 aromatic heterocycles. The Labute approximate surface area is 203 Å². The number of halogens is 3. The summed E-state index contributed by atoms with van der Waals surface area (Å²) in [6, 6.07) is 7.17. The van der Waals surface area contributed by atoms with Crippen LogP contribution in [0.15, 0.2) is 34.9 Å². The molecule has 3 rings (SSSR count). The second-order valence-electron chi connectivity index (χ2n) is 7.92. The van der Waals surface area contributed by atoms with Gasteiger partial charge in [-0.3, -0.25) is 4.72 Å². The summed E-state index contributed by atoms with van der Waals surface area (Å²) < 4.78 is 54.1. The van der Waals surface area contributed by atoms with Gasteiger partial charge >= 0.3 is 0 Å². The molecule has 0 aliphatic rings. The van der Waals surface area contributed by atoms with E-state index in [0.717, 1.165) is 18.7 Å². The van der Waals surface area contributed by atoms with Crippen molar-refractivity contribution in [2.75, 3.05) is 18.1 Å². The van der Waals surface area contributed by atoms with Gasteiger partial charge in [-0.15, -0.1) is 0 Å². The first-order valence-electron chi connectivity index (χ1n) is 10.0. The molecule has 0 atom stereocenters. The van der Waals surface area contributed by atoms with Gasteiger partial charge in [-0.2, -0.15) is 0 Å². The van der Waals surface area contributed by atoms with E-state index in [1.165, 1.54) is 24.6 Å². The van der Waals surface area contributed by atoms with Crippen LogP contribution in [0.2, 0.25) is 10.0 Å². The van der Waals surface area contributed by atoms with Crippen molar-refractivity contribution >= 4 is 50.0 Å². The third-order valence-corrected chi connectivity index (χ3v) is 5.83. The van der Waals surface area contributed by atoms with Crippen molar-refractivity contribution in [1.29, 1.82) is 0 Å². The third-order valence-electron chi connectivity index (χ3n) is 4.61. The lowest BCUT2D eigenvalue weighted by atomic mass is 10.0. The lowest BCUT2D eigenvalue weighted by Gasteiger charge is -2.21. The minimum absolute atomic E-state index is 0.000585. The Morgan fingerprint density at radius 1 is 1.18 bits per heavy atom. The summed E-state index contributed by atoms with van der Waals surface area (Å²) >= 11 is 11.8. The molecule has 0 aliphatic carbocycles. The summed E-state index contributed by atoms with van der Waals surface area (Å²) in [5.41, 5.74) is 0.984. The third kappa shape index (κ3) is 8.33. The fourth-order valence-electron chi connectivity index (χ4n) is 2.79. The number of hydrogen-bond acceptors (Lipinski definition) is 6. The number of nitrogens with zero attached hydrogens (tertiary/aromatic N) is 1. The zero-order chi connectivity index (χ0) is 24.8. The Morgan fingerprint density at radius 2 is 1.88 bits per heavy atom. The molecule has 0 saturated carbocycles. The van der Waals surface area contributed by atoms with Crippen molar-refractivity contribution in [1.82, 2.24) is 5.16 Å². The summed E-state index contributed by atoms with van der Waals surface area (Å²) in [7, 11) is -1.74. The van der Waals surface area contributed by atoms with Gasteiger partial charge in [-0.1, -0.05) is 41.7 Å². The molecule has 0 saturated heterocycles. The summed E-state index contributed by atoms with van der Waals surface area (Å²) in [4.78, 5) is 0. The van der Waals surface area contributed by atoms with Gasteiger partial charge in [0.1, 0.15) is 18.2 Å². The fraction of sp³-hybridized carbons (Fsp3) is 0.409. The van der Waals surface area contributed by atoms with Crippen molar-refractivity contribution in [2.24, 2.45) is 0 Å². The lowest BCUT2D eigenvalue weighted by Crippen LogP contribution is -2.21. The number of rotatable bonds is 8. The molecule has 11 heteroatoms. The number of benzene rings is 2. The summed E-state index contributed by atoms with van der Waals surface area (Å²) in [6.07, 6.45) is 3.34. The van der Waals surface area contributed by atoms with Crippen molar-refractivity contribution < 1.29 is 26.8 Å². The molecular formula is C22H27Cl2FN2O5S. The van der Waals surface area contributed by atoms with Crippen LogP contribution in [0.5, 0.6) is 5.75 Å². The van der Waals surface area contributed by atoms with Gasteiger partial charge in [0.05, 0.1) is 22.3 Å². The van der Waals surface area contributed by atoms with Crippen LogP contribution in [0.1, 0.15) is 39.2 Å². The molecule has 2 aromatic carbocycles. The first kappa shape index (κ1) is 27.2. The maximum Gasteiger partial charge on any atom is 0.231 e. The average molecular weight is 521 g/mol. The predicted molar refractivity (Wildman–Crippen MR) is 129 cm³/mol. The zero-order valence-corrected chi connectivity index (χ0v) is 21.4. The normalized spacial score (nSPS) is 11.8. The molecular weight excluding hydrogens is 494 g/mol. The van der Waals surface area contributed by atoms with Gasteiger partial charge in [0.25, 0.3) is 0 Å². The Balaban J connectivity index is 0.000000414. The first-order valence-corrected chi connectivity index (χ1v) is 12.7. The first-order chi connectivity index (χ1) is 15.3. The van der Waals surface area contributed by atoms with E-state index in [1.54, 1.807) is 13.2 Å². The van der Waals surface area contributed by atoms with Crippen molar-refractivity contribution in [3.05, 3.63) is 51.8 Å². The van der Waals surface area contributed by atoms with E-state index in [-0.39, 0.29) is 28.8 Å². The van der Waals surface area contributed by atoms with Crippen LogP contribution in [0.25, 0.3) is 11.0 Å². The van der Waals surface area contributed by atoms with Crippen molar-refractivity contribution in [3.8, 4) is 5.75 Å². The molecule has 0 spiro atoms. The molecule has 0 fully saturated rings. The number of anilines is 1. The van der Waals surface area contributed by atoms with Gasteiger partial charge in [0.15, 0.2) is 11.4 Å². The maximum atomic E-state index is 13.4. The largest absolute Gasteiger partial charge is 0.489 e. The van der Waals surface area contributed by atoms with Crippen LogP contribution < -0.4 is 9.46 Å². The van der Waals surface area contributed by atoms with E-state index in [2.05, 4.69) is 30.6 Å². The summed E-state index contributed by atoms with van der Waals surface area (Å²) in [6.45, 7) is 6.43. The van der Waals surface area contributed by atoms with Crippen molar-refractivity contribution in [3.63, 3.8) is 0 Å². The molecule has 0 radical (unpaired) electrons. The van der Waals surface area contributed by atoms with E-state index in [4.69, 9.17) is 37.2 Å². The van der Waals surface area contributed by atoms with Gasteiger partial charge in [0, 0.05) is 23.8 Å². The SMILES string of the molecule is CCCC(C)(C)OC.CS(=O)(=O)Nc1noc2cc(COc3ccc(Cl)c(F)c3)c(Cl)cc12. The molecule has 1 N–H and O–H groups in total. The molecule has 33 heavy (non-hydrogen) atoms. The fourth-order valence-corrected chi connectivity index (χ4v) is 3.63. The molecule has 0 bridgehead atoms. The number of methoxy groups -OCH3 is 1. The Kier molecular flexibility index (Phi) is 9.37. The highest BCUT2D eigenvalue weighted by molar-refractivity contribution is 7.92. The number of ether oxygens (including phenoxy) is 2. The second-order valence-corrected chi connectivity index (χ2v) is 10.5. The van der Waals surface area contributed by atoms with Crippen molar-refractivity contribution in [2.45, 2.75) is 45.8 Å². The number of nitrogens with one attached hydrogen (secondary N) is 1. The Morgan fingerprint density at radius 3 is 2.42 bits per heavy atom. The van der Waals surface area contributed by atoms with Gasteiger partial charge in [-0.05, 0) is 44.5 Å². The monoisotopic (exact) mass is 520 g/mol. The topological polar surface area (TPSA) is 90.7 Å². The van der Waals surface area contributed by atoms with Crippen LogP contribution in [0.4, 0.5) is 10.2 Å². The Bertz CT molecular complexity index is 1200. The number of aromatic nitrogens is 1. The number of sulfonamides is 1. The van der Waals surface area contributed by atoms with Gasteiger partial charge < -0.3 is 14.0 Å². The van der Waals surface area contributed by atoms with E-state index in [1.807, 2.05) is 0 Å². The van der Waals surface area contributed by atoms with E-state index >= 15 is 0 Å². The molecule has 0 unspecified atom stereocenters. The average Bonchev–Trinajstić information content (AvgIpc) is 3.09. The molecule has 182 valence electrons. The molecule has 7 nitrogen and oxygen atoms in total. The molecule has 3 aromatic rings. The van der Waals surface area contributed by atoms with Crippen LogP contribution in [0.3, 0.4) is 0 Å². The van der Waals surface area contributed by atoms with E-state index in [0.29, 0.717) is 21.6 Å². The van der Waals surface area contributed by atoms with Gasteiger partial charge in [0.2, 0.25) is 10.0 Å². The van der Waals surface area contributed by atoms with Gasteiger partial charge in [-0.25, -0.2) is 12.8 Å². The predicted octanol–water partition coefficient (Wildman–Crippen LogP) is 6.44. The molecule has 0 amide bonds. The van der Waals surface area contributed by atoms with E-state index in [9.17, 15) is 12.8 Å². The minimum Gasteiger partial charge on any atom is -0.489 e.